The highest BCUT2D eigenvalue weighted by atomic mass is 32.2. The van der Waals surface area contributed by atoms with Crippen LogP contribution in [0.25, 0.3) is 0 Å². The lowest BCUT2D eigenvalue weighted by atomic mass is 9.92. The summed E-state index contributed by atoms with van der Waals surface area (Å²) in [5.74, 6) is -1.13. The first kappa shape index (κ1) is 20.4. The molecule has 1 amide bonds. The van der Waals surface area contributed by atoms with Crippen molar-refractivity contribution in [2.75, 3.05) is 0 Å². The fourth-order valence-electron chi connectivity index (χ4n) is 2.74. The molecular formula is C18H27NO4S. The molecule has 0 aromatic heterocycles. The maximum atomic E-state index is 11.8. The summed E-state index contributed by atoms with van der Waals surface area (Å²) in [5, 5.41) is 0.984. The second kappa shape index (κ2) is 10.3. The molecule has 0 radical (unpaired) electrons. The van der Waals surface area contributed by atoms with E-state index in [0.29, 0.717) is 6.42 Å². The fraction of sp³-hybridized carbons (Fsp3) is 0.500. The molecule has 2 unspecified atom stereocenters. The molecule has 134 valence electrons. The van der Waals surface area contributed by atoms with Crippen LogP contribution in [-0.4, -0.2) is 24.3 Å². The zero-order chi connectivity index (χ0) is 18.0. The standard InChI is InChI=1S/C18H27NO4S/c1-3-5-6-7-11-14-16(15-12-9-8-10-13-15)18(24(21,22)23)19-17(20)4-2/h4,8-10,12-13,16,18H,2-3,5-7,11,14H2,1H3,(H,19,20)(H,21,22,23). The van der Waals surface area contributed by atoms with Gasteiger partial charge in [-0.25, -0.2) is 0 Å². The van der Waals surface area contributed by atoms with Crippen molar-refractivity contribution in [1.82, 2.24) is 5.32 Å². The number of amides is 1. The molecule has 0 heterocycles. The third-order valence-electron chi connectivity index (χ3n) is 4.00. The van der Waals surface area contributed by atoms with Crippen molar-refractivity contribution in [2.24, 2.45) is 0 Å². The first-order valence-corrected chi connectivity index (χ1v) is 9.84. The van der Waals surface area contributed by atoms with Gasteiger partial charge in [-0.3, -0.25) is 9.35 Å². The first-order chi connectivity index (χ1) is 11.4. The van der Waals surface area contributed by atoms with Gasteiger partial charge in [0.25, 0.3) is 10.1 Å². The van der Waals surface area contributed by atoms with Gasteiger partial charge in [0.1, 0.15) is 0 Å². The van der Waals surface area contributed by atoms with E-state index in [0.717, 1.165) is 43.7 Å². The molecule has 2 atom stereocenters. The van der Waals surface area contributed by atoms with Gasteiger partial charge >= 0.3 is 0 Å². The highest BCUT2D eigenvalue weighted by Gasteiger charge is 2.33. The molecule has 24 heavy (non-hydrogen) atoms. The molecule has 0 bridgehead atoms. The summed E-state index contributed by atoms with van der Waals surface area (Å²) in [7, 11) is -4.44. The van der Waals surface area contributed by atoms with Gasteiger partial charge in [0, 0.05) is 5.92 Å². The van der Waals surface area contributed by atoms with Gasteiger partial charge in [-0.2, -0.15) is 8.42 Å². The van der Waals surface area contributed by atoms with E-state index in [9.17, 15) is 17.8 Å². The van der Waals surface area contributed by atoms with Gasteiger partial charge in [0.15, 0.2) is 5.37 Å². The van der Waals surface area contributed by atoms with Crippen LogP contribution >= 0.6 is 0 Å². The molecule has 1 aromatic rings. The van der Waals surface area contributed by atoms with Crippen LogP contribution in [0, 0.1) is 0 Å². The Labute approximate surface area is 144 Å². The van der Waals surface area contributed by atoms with Crippen LogP contribution in [0.5, 0.6) is 0 Å². The summed E-state index contributed by atoms with van der Waals surface area (Å²) in [4.78, 5) is 11.6. The Kier molecular flexibility index (Phi) is 8.71. The molecule has 6 heteroatoms. The molecule has 2 N–H and O–H groups in total. The van der Waals surface area contributed by atoms with Crippen LogP contribution < -0.4 is 5.32 Å². The number of benzene rings is 1. The summed E-state index contributed by atoms with van der Waals surface area (Å²) in [6.45, 7) is 5.47. The Morgan fingerprint density at radius 2 is 1.83 bits per heavy atom. The molecule has 0 saturated carbocycles. The van der Waals surface area contributed by atoms with Gasteiger partial charge in [0.05, 0.1) is 0 Å². The number of carbonyl (C=O) groups is 1. The topological polar surface area (TPSA) is 83.5 Å². The van der Waals surface area contributed by atoms with Crippen molar-refractivity contribution in [3.8, 4) is 0 Å². The Balaban J connectivity index is 2.99. The van der Waals surface area contributed by atoms with E-state index in [1.807, 2.05) is 30.3 Å². The summed E-state index contributed by atoms with van der Waals surface area (Å²) >= 11 is 0. The molecular weight excluding hydrogens is 326 g/mol. The quantitative estimate of drug-likeness (QED) is 0.361. The van der Waals surface area contributed by atoms with Crippen molar-refractivity contribution in [2.45, 2.75) is 56.7 Å². The fourth-order valence-corrected chi connectivity index (χ4v) is 3.72. The third kappa shape index (κ3) is 6.84. The number of unbranched alkanes of at least 4 members (excludes halogenated alkanes) is 4. The third-order valence-corrected chi connectivity index (χ3v) is 5.09. The van der Waals surface area contributed by atoms with Crippen molar-refractivity contribution in [3.63, 3.8) is 0 Å². The predicted octanol–water partition coefficient (Wildman–Crippen LogP) is 3.65. The van der Waals surface area contributed by atoms with Crippen LogP contribution in [0.2, 0.25) is 0 Å². The molecule has 1 rings (SSSR count). The van der Waals surface area contributed by atoms with Crippen LogP contribution in [0.3, 0.4) is 0 Å². The molecule has 1 aromatic carbocycles. The van der Waals surface area contributed by atoms with Gasteiger partial charge in [-0.05, 0) is 18.1 Å². The maximum Gasteiger partial charge on any atom is 0.286 e. The molecule has 0 saturated heterocycles. The van der Waals surface area contributed by atoms with E-state index in [4.69, 9.17) is 0 Å². The minimum Gasteiger partial charge on any atom is -0.333 e. The molecule has 0 spiro atoms. The Morgan fingerprint density at radius 1 is 1.21 bits per heavy atom. The van der Waals surface area contributed by atoms with Crippen LogP contribution in [0.15, 0.2) is 43.0 Å². The monoisotopic (exact) mass is 353 g/mol. The number of rotatable bonds is 11. The molecule has 0 fully saturated rings. The van der Waals surface area contributed by atoms with Gasteiger partial charge in [0.2, 0.25) is 5.91 Å². The smallest absolute Gasteiger partial charge is 0.286 e. The lowest BCUT2D eigenvalue weighted by Crippen LogP contribution is -2.44. The highest BCUT2D eigenvalue weighted by Crippen LogP contribution is 2.29. The lowest BCUT2D eigenvalue weighted by Gasteiger charge is -2.26. The van der Waals surface area contributed by atoms with E-state index < -0.39 is 27.3 Å². The highest BCUT2D eigenvalue weighted by molar-refractivity contribution is 7.86. The van der Waals surface area contributed by atoms with Crippen molar-refractivity contribution < 1.29 is 17.8 Å². The van der Waals surface area contributed by atoms with Gasteiger partial charge < -0.3 is 5.32 Å². The average molecular weight is 353 g/mol. The molecule has 5 nitrogen and oxygen atoms in total. The van der Waals surface area contributed by atoms with Gasteiger partial charge in [-0.1, -0.05) is 75.9 Å². The number of hydrogen-bond donors (Lipinski definition) is 2. The summed E-state index contributed by atoms with van der Waals surface area (Å²) in [5.41, 5.74) is 0.778. The van der Waals surface area contributed by atoms with Gasteiger partial charge in [-0.15, -0.1) is 0 Å². The molecule has 0 aliphatic carbocycles. The molecule has 0 aliphatic rings. The van der Waals surface area contributed by atoms with E-state index in [-0.39, 0.29) is 0 Å². The Hall–Kier alpha value is -1.66. The molecule has 0 aliphatic heterocycles. The van der Waals surface area contributed by atoms with E-state index >= 15 is 0 Å². The largest absolute Gasteiger partial charge is 0.333 e. The van der Waals surface area contributed by atoms with Crippen LogP contribution in [0.1, 0.15) is 56.9 Å². The first-order valence-electron chi connectivity index (χ1n) is 8.34. The Morgan fingerprint density at radius 3 is 2.38 bits per heavy atom. The number of carbonyl (C=O) groups excluding carboxylic acids is 1. The zero-order valence-corrected chi connectivity index (χ0v) is 15.0. The summed E-state index contributed by atoms with van der Waals surface area (Å²) in [6, 6.07) is 9.10. The van der Waals surface area contributed by atoms with Crippen LogP contribution in [0.4, 0.5) is 0 Å². The van der Waals surface area contributed by atoms with E-state index in [1.54, 1.807) is 0 Å². The second-order valence-electron chi connectivity index (χ2n) is 5.87. The second-order valence-corrected chi connectivity index (χ2v) is 7.41. The normalized spacial score (nSPS) is 13.9. The Bertz CT molecular complexity index is 613. The van der Waals surface area contributed by atoms with E-state index in [1.165, 1.54) is 0 Å². The maximum absolute atomic E-state index is 11.8. The number of nitrogens with one attached hydrogen (secondary N) is 1. The summed E-state index contributed by atoms with van der Waals surface area (Å²) < 4.78 is 33.3. The van der Waals surface area contributed by atoms with Crippen molar-refractivity contribution >= 4 is 16.0 Å². The van der Waals surface area contributed by atoms with Crippen molar-refractivity contribution in [1.29, 1.82) is 0 Å². The number of hydrogen-bond acceptors (Lipinski definition) is 3. The minimum atomic E-state index is -4.44. The lowest BCUT2D eigenvalue weighted by molar-refractivity contribution is -0.116. The SMILES string of the molecule is C=CC(=O)NC(C(CCCCCCC)c1ccccc1)S(=O)(=O)O. The predicted molar refractivity (Wildman–Crippen MR) is 96.2 cm³/mol. The summed E-state index contributed by atoms with van der Waals surface area (Å²) in [6.07, 6.45) is 6.75. The van der Waals surface area contributed by atoms with E-state index in [2.05, 4.69) is 18.8 Å². The minimum absolute atomic E-state index is 0.508. The van der Waals surface area contributed by atoms with Crippen molar-refractivity contribution in [3.05, 3.63) is 48.6 Å². The van der Waals surface area contributed by atoms with Crippen LogP contribution in [-0.2, 0) is 14.9 Å². The zero-order valence-electron chi connectivity index (χ0n) is 14.1. The average Bonchev–Trinajstić information content (AvgIpc) is 2.56.